The number of thiophene rings is 1. The highest BCUT2D eigenvalue weighted by Crippen LogP contribution is 2.46. The second-order valence-corrected chi connectivity index (χ2v) is 10.2. The summed E-state index contributed by atoms with van der Waals surface area (Å²) in [5.74, 6) is 0.418. The van der Waals surface area contributed by atoms with E-state index >= 15 is 0 Å². The summed E-state index contributed by atoms with van der Waals surface area (Å²) in [5, 5.41) is 4.00. The van der Waals surface area contributed by atoms with E-state index in [-0.39, 0.29) is 11.2 Å². The zero-order valence-corrected chi connectivity index (χ0v) is 19.8. The van der Waals surface area contributed by atoms with Gasteiger partial charge in [-0.25, -0.2) is 9.97 Å². The van der Waals surface area contributed by atoms with E-state index in [9.17, 15) is 4.79 Å². The third-order valence-electron chi connectivity index (χ3n) is 6.01. The molecule has 0 fully saturated rings. The van der Waals surface area contributed by atoms with Crippen molar-refractivity contribution in [1.29, 1.82) is 0 Å². The number of thioether (sulfide) groups is 1. The minimum atomic E-state index is -0.207. The maximum Gasteiger partial charge on any atom is 0.167 e. The zero-order chi connectivity index (χ0) is 22.3. The number of fused-ring (bicyclic) bond motifs is 2. The van der Waals surface area contributed by atoms with Crippen molar-refractivity contribution in [2.75, 3.05) is 17.7 Å². The number of likely N-dealkylation sites (N-methyl/N-ethyl adjacent to an activating group) is 1. The fourth-order valence-corrected chi connectivity index (χ4v) is 6.20. The van der Waals surface area contributed by atoms with Crippen LogP contribution in [0.5, 0.6) is 0 Å². The molecule has 5 rings (SSSR count). The van der Waals surface area contributed by atoms with Crippen molar-refractivity contribution in [1.82, 2.24) is 9.97 Å². The number of carbonyl (C=O) groups is 1. The Bertz CT molecular complexity index is 1340. The van der Waals surface area contributed by atoms with Crippen LogP contribution in [0.25, 0.3) is 21.3 Å². The summed E-state index contributed by atoms with van der Waals surface area (Å²) in [5.41, 5.74) is 5.48. The maximum atomic E-state index is 13.0. The van der Waals surface area contributed by atoms with E-state index in [0.29, 0.717) is 5.75 Å². The number of hydrogen-bond donors (Lipinski definition) is 0. The SMILES string of the molecule is CN1C(=CC(=O)CSc2ncnc3scc(-c4ccccc4)c23)C(C)(C)c2ccccc21. The second kappa shape index (κ2) is 8.19. The van der Waals surface area contributed by atoms with Gasteiger partial charge in [0.05, 0.1) is 11.1 Å². The molecule has 4 aromatic rings. The van der Waals surface area contributed by atoms with E-state index in [1.165, 1.54) is 17.3 Å². The maximum absolute atomic E-state index is 13.0. The highest BCUT2D eigenvalue weighted by atomic mass is 32.2. The number of aromatic nitrogens is 2. The van der Waals surface area contributed by atoms with Crippen LogP contribution >= 0.6 is 23.1 Å². The number of hydrogen-bond acceptors (Lipinski definition) is 6. The number of para-hydroxylation sites is 1. The fraction of sp³-hybridized carbons (Fsp3) is 0.192. The Labute approximate surface area is 196 Å². The monoisotopic (exact) mass is 457 g/mol. The molecule has 32 heavy (non-hydrogen) atoms. The lowest BCUT2D eigenvalue weighted by Gasteiger charge is -2.23. The van der Waals surface area contributed by atoms with Gasteiger partial charge in [0.25, 0.3) is 0 Å². The molecule has 3 heterocycles. The second-order valence-electron chi connectivity index (χ2n) is 8.36. The Balaban J connectivity index is 1.41. The fourth-order valence-electron chi connectivity index (χ4n) is 4.38. The molecule has 0 amide bonds. The summed E-state index contributed by atoms with van der Waals surface area (Å²) in [6.07, 6.45) is 3.39. The predicted octanol–water partition coefficient (Wildman–Crippen LogP) is 6.33. The molecule has 1 aliphatic rings. The van der Waals surface area contributed by atoms with Gasteiger partial charge in [-0.05, 0) is 17.2 Å². The number of ketones is 1. The van der Waals surface area contributed by atoms with Gasteiger partial charge in [0.2, 0.25) is 0 Å². The first-order chi connectivity index (χ1) is 15.5. The minimum Gasteiger partial charge on any atom is -0.347 e. The van der Waals surface area contributed by atoms with Gasteiger partial charge in [-0.15, -0.1) is 11.3 Å². The summed E-state index contributed by atoms with van der Waals surface area (Å²) < 4.78 is 0. The van der Waals surface area contributed by atoms with Crippen LogP contribution in [0, 0.1) is 0 Å². The predicted molar refractivity (Wildman–Crippen MR) is 135 cm³/mol. The number of benzene rings is 2. The molecule has 0 bridgehead atoms. The Hall–Kier alpha value is -2.96. The molecule has 1 aliphatic heterocycles. The summed E-state index contributed by atoms with van der Waals surface area (Å²) in [4.78, 5) is 25.1. The highest BCUT2D eigenvalue weighted by Gasteiger charge is 2.38. The van der Waals surface area contributed by atoms with Crippen molar-refractivity contribution >= 4 is 44.8 Å². The van der Waals surface area contributed by atoms with Crippen molar-refractivity contribution in [2.24, 2.45) is 0 Å². The van der Waals surface area contributed by atoms with Crippen molar-refractivity contribution in [3.05, 3.63) is 83.6 Å². The van der Waals surface area contributed by atoms with Gasteiger partial charge in [-0.1, -0.05) is 74.1 Å². The molecular weight excluding hydrogens is 434 g/mol. The van der Waals surface area contributed by atoms with Crippen molar-refractivity contribution in [3.8, 4) is 11.1 Å². The van der Waals surface area contributed by atoms with Crippen molar-refractivity contribution in [3.63, 3.8) is 0 Å². The Morgan fingerprint density at radius 3 is 2.62 bits per heavy atom. The lowest BCUT2D eigenvalue weighted by Crippen LogP contribution is -2.24. The van der Waals surface area contributed by atoms with Crippen molar-refractivity contribution < 1.29 is 4.79 Å². The molecule has 4 nitrogen and oxygen atoms in total. The average molecular weight is 458 g/mol. The van der Waals surface area contributed by atoms with Gasteiger partial charge in [-0.3, -0.25) is 4.79 Å². The molecule has 0 N–H and O–H groups in total. The van der Waals surface area contributed by atoms with E-state index in [1.807, 2.05) is 31.3 Å². The molecule has 160 valence electrons. The van der Waals surface area contributed by atoms with E-state index < -0.39 is 0 Å². The molecule has 0 unspecified atom stereocenters. The van der Waals surface area contributed by atoms with Gasteiger partial charge < -0.3 is 4.90 Å². The van der Waals surface area contributed by atoms with E-state index in [0.717, 1.165) is 37.8 Å². The summed E-state index contributed by atoms with van der Waals surface area (Å²) in [6, 6.07) is 18.6. The number of nitrogens with zero attached hydrogens (tertiary/aromatic N) is 3. The van der Waals surface area contributed by atoms with Gasteiger partial charge in [0, 0.05) is 40.9 Å². The number of allylic oxidation sites excluding steroid dienone is 2. The molecule has 0 saturated heterocycles. The Morgan fingerprint density at radius 1 is 1.09 bits per heavy atom. The van der Waals surface area contributed by atoms with E-state index in [2.05, 4.69) is 64.4 Å². The van der Waals surface area contributed by atoms with Crippen LogP contribution < -0.4 is 4.90 Å². The quantitative estimate of drug-likeness (QED) is 0.199. The average Bonchev–Trinajstić information content (AvgIpc) is 3.33. The van der Waals surface area contributed by atoms with Crippen LogP contribution in [0.15, 0.2) is 83.1 Å². The topological polar surface area (TPSA) is 46.1 Å². The first-order valence-corrected chi connectivity index (χ1v) is 12.3. The van der Waals surface area contributed by atoms with Gasteiger partial charge in [0.15, 0.2) is 5.78 Å². The molecule has 0 aliphatic carbocycles. The first-order valence-electron chi connectivity index (χ1n) is 10.5. The molecule has 0 atom stereocenters. The lowest BCUT2D eigenvalue weighted by atomic mass is 9.83. The summed E-state index contributed by atoms with van der Waals surface area (Å²) in [7, 11) is 2.03. The highest BCUT2D eigenvalue weighted by molar-refractivity contribution is 8.00. The number of rotatable bonds is 5. The molecule has 0 spiro atoms. The number of anilines is 1. The van der Waals surface area contributed by atoms with Crippen LogP contribution in [0.2, 0.25) is 0 Å². The Kier molecular flexibility index (Phi) is 5.35. The van der Waals surface area contributed by atoms with Gasteiger partial charge >= 0.3 is 0 Å². The molecule has 0 saturated carbocycles. The third-order valence-corrected chi connectivity index (χ3v) is 7.91. The van der Waals surface area contributed by atoms with Crippen LogP contribution in [0.1, 0.15) is 19.4 Å². The molecule has 2 aromatic heterocycles. The first kappa shape index (κ1) is 20.9. The summed E-state index contributed by atoms with van der Waals surface area (Å²) in [6.45, 7) is 4.35. The number of carbonyl (C=O) groups excluding carboxylic acids is 1. The largest absolute Gasteiger partial charge is 0.347 e. The zero-order valence-electron chi connectivity index (χ0n) is 18.2. The third kappa shape index (κ3) is 3.53. The lowest BCUT2D eigenvalue weighted by molar-refractivity contribution is -0.112. The van der Waals surface area contributed by atoms with Crippen LogP contribution in [-0.2, 0) is 10.2 Å². The Morgan fingerprint density at radius 2 is 1.84 bits per heavy atom. The standard InChI is InChI=1S/C26H23N3OS2/c1-26(2)20-11-7-8-12-21(20)29(3)22(26)13-18(30)14-31-24-23-19(17-9-5-4-6-10-17)15-32-25(23)28-16-27-24/h4-13,15-16H,14H2,1-3H3. The van der Waals surface area contributed by atoms with Crippen molar-refractivity contribution in [2.45, 2.75) is 24.3 Å². The van der Waals surface area contributed by atoms with Gasteiger partial charge in [0.1, 0.15) is 16.2 Å². The molecule has 6 heteroatoms. The summed E-state index contributed by atoms with van der Waals surface area (Å²) >= 11 is 3.09. The molecule has 2 aromatic carbocycles. The molecule has 0 radical (unpaired) electrons. The smallest absolute Gasteiger partial charge is 0.167 e. The minimum absolute atomic E-state index is 0.0842. The van der Waals surface area contributed by atoms with Crippen LogP contribution in [0.3, 0.4) is 0 Å². The van der Waals surface area contributed by atoms with Crippen LogP contribution in [-0.4, -0.2) is 28.6 Å². The van der Waals surface area contributed by atoms with Crippen LogP contribution in [0.4, 0.5) is 5.69 Å². The van der Waals surface area contributed by atoms with E-state index in [1.54, 1.807) is 23.7 Å². The van der Waals surface area contributed by atoms with E-state index in [4.69, 9.17) is 0 Å². The normalized spacial score (nSPS) is 16.0. The molecular formula is C26H23N3OS2. The van der Waals surface area contributed by atoms with Gasteiger partial charge in [-0.2, -0.15) is 0 Å².